The Kier molecular flexibility index (Phi) is 3.64. The van der Waals surface area contributed by atoms with Crippen molar-refractivity contribution in [3.63, 3.8) is 0 Å². The molecule has 0 heterocycles. The summed E-state index contributed by atoms with van der Waals surface area (Å²) < 4.78 is 0. The minimum atomic E-state index is 0.982. The summed E-state index contributed by atoms with van der Waals surface area (Å²) in [5.74, 6) is 0. The maximum atomic E-state index is 2.25. The third kappa shape index (κ3) is 2.80. The maximum absolute atomic E-state index is 2.25. The van der Waals surface area contributed by atoms with Crippen molar-refractivity contribution in [2.24, 2.45) is 0 Å². The predicted molar refractivity (Wildman–Crippen MR) is 87.3 cm³/mol. The molecule has 0 spiro atoms. The summed E-state index contributed by atoms with van der Waals surface area (Å²) in [5, 5.41) is 0. The van der Waals surface area contributed by atoms with Gasteiger partial charge in [-0.05, 0) is 35.6 Å². The van der Waals surface area contributed by atoms with Crippen molar-refractivity contribution >= 4 is 11.1 Å². The fourth-order valence-corrected chi connectivity index (χ4v) is 2.43. The summed E-state index contributed by atoms with van der Waals surface area (Å²) in [7, 11) is 0. The van der Waals surface area contributed by atoms with Crippen molar-refractivity contribution in [1.82, 2.24) is 0 Å². The number of benzene rings is 2. The van der Waals surface area contributed by atoms with Crippen LogP contribution >= 0.6 is 0 Å². The van der Waals surface area contributed by atoms with Crippen LogP contribution in [0.1, 0.15) is 23.1 Å². The van der Waals surface area contributed by atoms with Gasteiger partial charge in [-0.1, -0.05) is 84.5 Å². The van der Waals surface area contributed by atoms with Gasteiger partial charge in [0.05, 0.1) is 0 Å². The molecule has 0 saturated carbocycles. The molecule has 0 fully saturated rings. The molecule has 0 amide bonds. The summed E-state index contributed by atoms with van der Waals surface area (Å²) in [6, 6.07) is 19.3. The molecule has 0 unspecified atom stereocenters. The first-order chi connectivity index (χ1) is 9.83. The molecule has 0 radical (unpaired) electrons. The van der Waals surface area contributed by atoms with E-state index in [2.05, 4.69) is 85.8 Å². The highest BCUT2D eigenvalue weighted by atomic mass is 14.1. The van der Waals surface area contributed by atoms with Crippen LogP contribution in [0.3, 0.4) is 0 Å². The van der Waals surface area contributed by atoms with E-state index in [0.29, 0.717) is 0 Å². The van der Waals surface area contributed by atoms with Gasteiger partial charge in [0.2, 0.25) is 0 Å². The Morgan fingerprint density at radius 2 is 1.50 bits per heavy atom. The van der Waals surface area contributed by atoms with E-state index in [-0.39, 0.29) is 0 Å². The van der Waals surface area contributed by atoms with Crippen molar-refractivity contribution in [3.8, 4) is 0 Å². The Hall–Kier alpha value is -2.34. The lowest BCUT2D eigenvalue weighted by Gasteiger charge is -2.02. The molecule has 0 heteroatoms. The van der Waals surface area contributed by atoms with Crippen LogP contribution in [0.2, 0.25) is 0 Å². The van der Waals surface area contributed by atoms with Crippen LogP contribution in [0, 0.1) is 6.92 Å². The average Bonchev–Trinajstić information content (AvgIpc) is 2.75. The van der Waals surface area contributed by atoms with E-state index < -0.39 is 0 Å². The van der Waals surface area contributed by atoms with Gasteiger partial charge in [-0.2, -0.15) is 0 Å². The number of rotatable bonds is 2. The Bertz CT molecular complexity index is 668. The van der Waals surface area contributed by atoms with E-state index in [0.717, 1.165) is 6.42 Å². The van der Waals surface area contributed by atoms with Gasteiger partial charge >= 0.3 is 0 Å². The number of aryl methyl sites for hydroxylation is 1. The second-order valence-electron chi connectivity index (χ2n) is 5.15. The summed E-state index contributed by atoms with van der Waals surface area (Å²) in [6.45, 7) is 2.12. The predicted octanol–water partition coefficient (Wildman–Crippen LogP) is 5.42. The van der Waals surface area contributed by atoms with Gasteiger partial charge in [0.1, 0.15) is 0 Å². The molecule has 0 aromatic heterocycles. The third-order valence-electron chi connectivity index (χ3n) is 3.63. The lowest BCUT2D eigenvalue weighted by Crippen LogP contribution is -1.81. The van der Waals surface area contributed by atoms with Crippen molar-refractivity contribution in [2.45, 2.75) is 13.3 Å². The van der Waals surface area contributed by atoms with Crippen LogP contribution in [-0.4, -0.2) is 0 Å². The number of hydrogen-bond acceptors (Lipinski definition) is 0. The Labute approximate surface area is 120 Å². The third-order valence-corrected chi connectivity index (χ3v) is 3.63. The summed E-state index contributed by atoms with van der Waals surface area (Å²) >= 11 is 0. The van der Waals surface area contributed by atoms with Crippen LogP contribution in [0.15, 0.2) is 78.9 Å². The first-order valence-electron chi connectivity index (χ1n) is 7.03. The van der Waals surface area contributed by atoms with Crippen LogP contribution in [-0.2, 0) is 0 Å². The summed E-state index contributed by atoms with van der Waals surface area (Å²) in [6.07, 6.45) is 9.91. The zero-order valence-corrected chi connectivity index (χ0v) is 11.7. The molecule has 0 nitrogen and oxygen atoms in total. The molecule has 98 valence electrons. The zero-order chi connectivity index (χ0) is 13.8. The minimum Gasteiger partial charge on any atom is -0.0795 e. The first kappa shape index (κ1) is 12.7. The first-order valence-corrected chi connectivity index (χ1v) is 7.03. The van der Waals surface area contributed by atoms with E-state index in [9.17, 15) is 0 Å². The van der Waals surface area contributed by atoms with E-state index in [4.69, 9.17) is 0 Å². The second kappa shape index (κ2) is 5.75. The normalized spacial score (nSPS) is 14.4. The van der Waals surface area contributed by atoms with Gasteiger partial charge in [0.25, 0.3) is 0 Å². The highest BCUT2D eigenvalue weighted by Crippen LogP contribution is 2.25. The van der Waals surface area contributed by atoms with Crippen LogP contribution in [0.4, 0.5) is 0 Å². The van der Waals surface area contributed by atoms with Gasteiger partial charge in [0.15, 0.2) is 0 Å². The van der Waals surface area contributed by atoms with Crippen molar-refractivity contribution in [1.29, 1.82) is 0 Å². The largest absolute Gasteiger partial charge is 0.0795 e. The van der Waals surface area contributed by atoms with Crippen LogP contribution in [0.5, 0.6) is 0 Å². The fourth-order valence-electron chi connectivity index (χ4n) is 2.43. The van der Waals surface area contributed by atoms with E-state index in [1.54, 1.807) is 0 Å². The number of hydrogen-bond donors (Lipinski definition) is 0. The molecule has 2 aromatic carbocycles. The molecule has 0 aliphatic heterocycles. The summed E-state index contributed by atoms with van der Waals surface area (Å²) in [4.78, 5) is 0. The molecule has 0 bridgehead atoms. The maximum Gasteiger partial charge on any atom is -0.00882 e. The molecule has 1 aliphatic rings. The van der Waals surface area contributed by atoms with Gasteiger partial charge in [-0.25, -0.2) is 0 Å². The quantitative estimate of drug-likeness (QED) is 0.674. The highest BCUT2D eigenvalue weighted by molar-refractivity contribution is 5.80. The molecule has 0 N–H and O–H groups in total. The Balaban J connectivity index is 1.93. The number of allylic oxidation sites excluding steroid dienone is 6. The molecule has 2 aromatic rings. The monoisotopic (exact) mass is 258 g/mol. The average molecular weight is 258 g/mol. The smallest absolute Gasteiger partial charge is 0.00882 e. The van der Waals surface area contributed by atoms with Gasteiger partial charge in [-0.3, -0.25) is 0 Å². The van der Waals surface area contributed by atoms with E-state index in [1.165, 1.54) is 27.8 Å². The molecule has 0 atom stereocenters. The molecule has 1 aliphatic carbocycles. The Morgan fingerprint density at radius 1 is 0.750 bits per heavy atom. The minimum absolute atomic E-state index is 0.982. The highest BCUT2D eigenvalue weighted by Gasteiger charge is 2.03. The lowest BCUT2D eigenvalue weighted by atomic mass is 10.0. The standard InChI is InChI=1S/C20H18/c1-16-10-12-20(13-11-16)19-9-5-8-18(14-15-19)17-6-3-2-4-7-17/h2-7,9-15H,8H2,1H3. The molecular weight excluding hydrogens is 240 g/mol. The topological polar surface area (TPSA) is 0 Å². The van der Waals surface area contributed by atoms with Gasteiger partial charge in [0, 0.05) is 0 Å². The second-order valence-corrected chi connectivity index (χ2v) is 5.15. The van der Waals surface area contributed by atoms with Gasteiger partial charge < -0.3 is 0 Å². The SMILES string of the molecule is Cc1ccc(C2=CC=C(c3ccccc3)CC=C2)cc1. The van der Waals surface area contributed by atoms with E-state index >= 15 is 0 Å². The molecule has 3 rings (SSSR count). The lowest BCUT2D eigenvalue weighted by molar-refractivity contribution is 1.40. The van der Waals surface area contributed by atoms with Crippen molar-refractivity contribution in [3.05, 3.63) is 95.6 Å². The zero-order valence-electron chi connectivity index (χ0n) is 11.7. The molecular formula is C20H18. The van der Waals surface area contributed by atoms with Crippen molar-refractivity contribution < 1.29 is 0 Å². The fraction of sp³-hybridized carbons (Fsp3) is 0.100. The van der Waals surface area contributed by atoms with Crippen molar-refractivity contribution in [2.75, 3.05) is 0 Å². The molecule has 0 saturated heterocycles. The Morgan fingerprint density at radius 3 is 2.25 bits per heavy atom. The van der Waals surface area contributed by atoms with Crippen LogP contribution in [0.25, 0.3) is 11.1 Å². The van der Waals surface area contributed by atoms with Crippen LogP contribution < -0.4 is 0 Å². The van der Waals surface area contributed by atoms with Gasteiger partial charge in [-0.15, -0.1) is 0 Å². The van der Waals surface area contributed by atoms with E-state index in [1.807, 2.05) is 0 Å². The molecule has 20 heavy (non-hydrogen) atoms. The summed E-state index contributed by atoms with van der Waals surface area (Å²) in [5.41, 5.74) is 6.52.